The molecule has 3 rings (SSSR count). The maximum Gasteiger partial charge on any atom is 0.247 e. The summed E-state index contributed by atoms with van der Waals surface area (Å²) in [6.07, 6.45) is 0.429. The number of aryl methyl sites for hydroxylation is 1. The van der Waals surface area contributed by atoms with Gasteiger partial charge in [-0.3, -0.25) is 9.80 Å². The molecular weight excluding hydrogens is 330 g/mol. The summed E-state index contributed by atoms with van der Waals surface area (Å²) in [6.45, 7) is 2.56. The number of carbonyl (C=O) groups excluding carboxylic acids is 1. The van der Waals surface area contributed by atoms with E-state index in [1.165, 1.54) is 0 Å². The van der Waals surface area contributed by atoms with Gasteiger partial charge in [0.1, 0.15) is 0 Å². The third kappa shape index (κ3) is 3.30. The Labute approximate surface area is 145 Å². The van der Waals surface area contributed by atoms with Crippen molar-refractivity contribution in [2.75, 3.05) is 16.9 Å². The Kier molecular flexibility index (Phi) is 4.50. The zero-order valence-electron chi connectivity index (χ0n) is 12.6. The van der Waals surface area contributed by atoms with E-state index < -0.39 is 0 Å². The van der Waals surface area contributed by atoms with Gasteiger partial charge >= 0.3 is 0 Å². The smallest absolute Gasteiger partial charge is 0.247 e. The second-order valence-electron chi connectivity index (χ2n) is 5.32. The predicted octanol–water partition coefficient (Wildman–Crippen LogP) is 4.00. The molecule has 2 aromatic rings. The highest BCUT2D eigenvalue weighted by Crippen LogP contribution is 2.26. The average Bonchev–Trinajstić information content (AvgIpc) is 2.92. The fourth-order valence-corrected chi connectivity index (χ4v) is 2.91. The molecule has 118 valence electrons. The molecule has 1 saturated heterocycles. The standard InChI is InChI=1S/C17H16ClN3OS/c1-12-6-8-13(9-7-12)21-16(22)10-11-20(21)17(23)19-15-5-3-2-4-14(15)18/h2-9H,10-11H2,1H3,(H,19,23). The van der Waals surface area contributed by atoms with Gasteiger partial charge < -0.3 is 5.32 Å². The van der Waals surface area contributed by atoms with E-state index in [1.807, 2.05) is 49.4 Å². The maximum absolute atomic E-state index is 12.3. The number of nitrogens with zero attached hydrogens (tertiary/aromatic N) is 2. The molecule has 0 aromatic heterocycles. The maximum atomic E-state index is 12.3. The molecular formula is C17H16ClN3OS. The summed E-state index contributed by atoms with van der Waals surface area (Å²) < 4.78 is 0. The van der Waals surface area contributed by atoms with Crippen LogP contribution < -0.4 is 10.3 Å². The predicted molar refractivity (Wildman–Crippen MR) is 97.7 cm³/mol. The highest BCUT2D eigenvalue weighted by Gasteiger charge is 2.32. The first kappa shape index (κ1) is 15.8. The van der Waals surface area contributed by atoms with Crippen LogP contribution in [0.15, 0.2) is 48.5 Å². The van der Waals surface area contributed by atoms with Crippen LogP contribution in [-0.4, -0.2) is 22.6 Å². The van der Waals surface area contributed by atoms with Crippen molar-refractivity contribution in [3.05, 3.63) is 59.1 Å². The zero-order valence-corrected chi connectivity index (χ0v) is 14.2. The largest absolute Gasteiger partial charge is 0.330 e. The molecule has 1 amide bonds. The molecule has 6 heteroatoms. The first-order valence-electron chi connectivity index (χ1n) is 7.29. The summed E-state index contributed by atoms with van der Waals surface area (Å²) in [5.74, 6) is 0.0251. The topological polar surface area (TPSA) is 35.6 Å². The molecule has 1 fully saturated rings. The number of para-hydroxylation sites is 1. The van der Waals surface area contributed by atoms with Crippen molar-refractivity contribution in [3.8, 4) is 0 Å². The van der Waals surface area contributed by atoms with Crippen LogP contribution in [0.25, 0.3) is 0 Å². The highest BCUT2D eigenvalue weighted by molar-refractivity contribution is 7.80. The summed E-state index contributed by atoms with van der Waals surface area (Å²) >= 11 is 11.6. The normalized spacial score (nSPS) is 14.3. The molecule has 0 spiro atoms. The zero-order chi connectivity index (χ0) is 16.4. The van der Waals surface area contributed by atoms with Gasteiger partial charge in [-0.2, -0.15) is 0 Å². The van der Waals surface area contributed by atoms with Gasteiger partial charge in [-0.05, 0) is 43.4 Å². The molecule has 1 aliphatic rings. The van der Waals surface area contributed by atoms with Crippen molar-refractivity contribution >= 4 is 46.2 Å². The Bertz CT molecular complexity index is 748. The van der Waals surface area contributed by atoms with Crippen LogP contribution in [0.4, 0.5) is 11.4 Å². The third-order valence-electron chi connectivity index (χ3n) is 3.64. The van der Waals surface area contributed by atoms with Gasteiger partial charge in [0.05, 0.1) is 22.9 Å². The average molecular weight is 346 g/mol. The molecule has 0 saturated carbocycles. The van der Waals surface area contributed by atoms with Gasteiger partial charge in [-0.1, -0.05) is 41.4 Å². The number of carbonyl (C=O) groups is 1. The number of benzene rings is 2. The Balaban J connectivity index is 1.83. The van der Waals surface area contributed by atoms with Gasteiger partial charge in [-0.15, -0.1) is 0 Å². The van der Waals surface area contributed by atoms with Crippen LogP contribution >= 0.6 is 23.8 Å². The van der Waals surface area contributed by atoms with Gasteiger partial charge in [0, 0.05) is 6.42 Å². The first-order chi connectivity index (χ1) is 11.1. The summed E-state index contributed by atoms with van der Waals surface area (Å²) in [4.78, 5) is 12.3. The van der Waals surface area contributed by atoms with E-state index in [-0.39, 0.29) is 5.91 Å². The Hall–Kier alpha value is -2.11. The van der Waals surface area contributed by atoms with E-state index in [9.17, 15) is 4.79 Å². The fourth-order valence-electron chi connectivity index (χ4n) is 2.45. The van der Waals surface area contributed by atoms with Crippen molar-refractivity contribution in [2.45, 2.75) is 13.3 Å². The minimum Gasteiger partial charge on any atom is -0.330 e. The van der Waals surface area contributed by atoms with Crippen molar-refractivity contribution in [1.82, 2.24) is 5.01 Å². The summed E-state index contributed by atoms with van der Waals surface area (Å²) in [6, 6.07) is 15.2. The molecule has 0 atom stereocenters. The minimum absolute atomic E-state index is 0.0251. The number of thiocarbonyl (C=S) groups is 1. The van der Waals surface area contributed by atoms with Crippen LogP contribution in [0.1, 0.15) is 12.0 Å². The number of hydrazine groups is 1. The number of rotatable bonds is 2. The molecule has 23 heavy (non-hydrogen) atoms. The second-order valence-corrected chi connectivity index (χ2v) is 6.12. The van der Waals surface area contributed by atoms with Crippen molar-refractivity contribution in [2.24, 2.45) is 0 Å². The van der Waals surface area contributed by atoms with Crippen LogP contribution in [0.2, 0.25) is 5.02 Å². The quantitative estimate of drug-likeness (QED) is 0.834. The monoisotopic (exact) mass is 345 g/mol. The molecule has 0 bridgehead atoms. The van der Waals surface area contributed by atoms with E-state index in [0.717, 1.165) is 16.9 Å². The van der Waals surface area contributed by atoms with Crippen molar-refractivity contribution in [3.63, 3.8) is 0 Å². The molecule has 0 unspecified atom stereocenters. The van der Waals surface area contributed by atoms with Crippen LogP contribution in [-0.2, 0) is 4.79 Å². The number of hydrogen-bond donors (Lipinski definition) is 1. The molecule has 2 aromatic carbocycles. The van der Waals surface area contributed by atoms with E-state index in [0.29, 0.717) is 23.1 Å². The van der Waals surface area contributed by atoms with Gasteiger partial charge in [0.2, 0.25) is 5.91 Å². The van der Waals surface area contributed by atoms with Crippen molar-refractivity contribution in [1.29, 1.82) is 0 Å². The van der Waals surface area contributed by atoms with E-state index in [4.69, 9.17) is 23.8 Å². The minimum atomic E-state index is 0.0251. The molecule has 1 N–H and O–H groups in total. The molecule has 1 aliphatic heterocycles. The Morgan fingerprint density at radius 1 is 1.17 bits per heavy atom. The van der Waals surface area contributed by atoms with Gasteiger partial charge in [0.25, 0.3) is 0 Å². The number of anilines is 2. The number of amides is 1. The summed E-state index contributed by atoms with van der Waals surface area (Å²) in [5, 5.41) is 7.54. The van der Waals surface area contributed by atoms with E-state index >= 15 is 0 Å². The van der Waals surface area contributed by atoms with Gasteiger partial charge in [-0.25, -0.2) is 5.01 Å². The second kappa shape index (κ2) is 6.56. The van der Waals surface area contributed by atoms with Crippen LogP contribution in [0, 0.1) is 6.92 Å². The van der Waals surface area contributed by atoms with E-state index in [1.54, 1.807) is 16.1 Å². The third-order valence-corrected chi connectivity index (χ3v) is 4.29. The highest BCUT2D eigenvalue weighted by atomic mass is 35.5. The lowest BCUT2D eigenvalue weighted by Gasteiger charge is -2.30. The van der Waals surface area contributed by atoms with Crippen LogP contribution in [0.3, 0.4) is 0 Å². The Morgan fingerprint density at radius 2 is 1.87 bits per heavy atom. The summed E-state index contributed by atoms with van der Waals surface area (Å²) in [5.41, 5.74) is 2.67. The molecule has 0 radical (unpaired) electrons. The fraction of sp³-hybridized carbons (Fsp3) is 0.176. The first-order valence-corrected chi connectivity index (χ1v) is 8.07. The Morgan fingerprint density at radius 3 is 2.57 bits per heavy atom. The lowest BCUT2D eigenvalue weighted by Crippen LogP contribution is -2.45. The molecule has 1 heterocycles. The number of hydrogen-bond acceptors (Lipinski definition) is 2. The van der Waals surface area contributed by atoms with Gasteiger partial charge in [0.15, 0.2) is 5.11 Å². The molecule has 4 nitrogen and oxygen atoms in total. The number of halogens is 1. The van der Waals surface area contributed by atoms with E-state index in [2.05, 4.69) is 5.32 Å². The SMILES string of the molecule is Cc1ccc(N2C(=O)CCN2C(=S)Nc2ccccc2Cl)cc1. The van der Waals surface area contributed by atoms with Crippen LogP contribution in [0.5, 0.6) is 0 Å². The molecule has 0 aliphatic carbocycles. The lowest BCUT2D eigenvalue weighted by molar-refractivity contribution is -0.117. The number of nitrogens with one attached hydrogen (secondary N) is 1. The van der Waals surface area contributed by atoms with Crippen molar-refractivity contribution < 1.29 is 4.79 Å². The lowest BCUT2D eigenvalue weighted by atomic mass is 10.2. The summed E-state index contributed by atoms with van der Waals surface area (Å²) in [7, 11) is 0.